The van der Waals surface area contributed by atoms with Crippen molar-refractivity contribution in [3.8, 4) is 28.7 Å². The number of phenols is 1. The summed E-state index contributed by atoms with van der Waals surface area (Å²) in [5.74, 6) is 5.00. The number of carbonyl (C=O) groups excluding carboxylic acids is 1. The van der Waals surface area contributed by atoms with E-state index < -0.39 is 22.5 Å². The van der Waals surface area contributed by atoms with Crippen LogP contribution in [0.15, 0.2) is 66.7 Å². The highest BCUT2D eigenvalue weighted by Gasteiger charge is 2.28. The number of nitrogens with one attached hydrogen (secondary N) is 1. The second kappa shape index (κ2) is 9.23. The predicted octanol–water partition coefficient (Wildman–Crippen LogP) is 4.58. The molecule has 7 heteroatoms. The number of nitro groups is 1. The van der Waals surface area contributed by atoms with Gasteiger partial charge in [-0.25, -0.2) is 4.79 Å². The number of carbonyl (C=O) groups is 1. The van der Waals surface area contributed by atoms with E-state index in [2.05, 4.69) is 41.4 Å². The summed E-state index contributed by atoms with van der Waals surface area (Å²) in [6.07, 6.45) is -0.237. The van der Waals surface area contributed by atoms with Crippen molar-refractivity contribution in [1.29, 1.82) is 0 Å². The van der Waals surface area contributed by atoms with Crippen LogP contribution < -0.4 is 5.32 Å². The normalized spacial score (nSPS) is 11.6. The molecular weight excluding hydrogens is 408 g/mol. The van der Waals surface area contributed by atoms with Crippen LogP contribution in [-0.4, -0.2) is 29.3 Å². The first-order chi connectivity index (χ1) is 15.6. The Kier molecular flexibility index (Phi) is 6.04. The maximum atomic E-state index is 12.1. The van der Waals surface area contributed by atoms with Gasteiger partial charge in [-0.05, 0) is 28.3 Å². The monoisotopic (exact) mass is 428 g/mol. The molecule has 0 unspecified atom stereocenters. The van der Waals surface area contributed by atoms with E-state index in [1.807, 2.05) is 24.3 Å². The standard InChI is InChI=1S/C25H20N2O5/c28-24-17(9-7-14-23(24)27(30)31)8-5-6-15-26-25(29)32-16-22-20-12-3-1-10-18(20)19-11-2-4-13-21(19)22/h1-4,7,9-14,22,28H,6,15-16H2,(H,26,29). The van der Waals surface area contributed by atoms with Crippen LogP contribution >= 0.6 is 0 Å². The van der Waals surface area contributed by atoms with Gasteiger partial charge < -0.3 is 15.2 Å². The summed E-state index contributed by atoms with van der Waals surface area (Å²) in [6, 6.07) is 20.4. The first kappa shape index (κ1) is 20.9. The SMILES string of the molecule is O=C(NCCC#Cc1cccc([N+](=O)[O-])c1O)OCC1c2ccccc2-c2ccccc21. The fourth-order valence-corrected chi connectivity index (χ4v) is 3.81. The molecule has 3 aromatic carbocycles. The molecule has 4 rings (SSSR count). The lowest BCUT2D eigenvalue weighted by molar-refractivity contribution is -0.385. The van der Waals surface area contributed by atoms with Crippen molar-refractivity contribution in [1.82, 2.24) is 5.32 Å². The number of benzene rings is 3. The highest BCUT2D eigenvalue weighted by molar-refractivity contribution is 5.79. The number of aromatic hydroxyl groups is 1. The number of hydrogen-bond donors (Lipinski definition) is 2. The summed E-state index contributed by atoms with van der Waals surface area (Å²) in [6.45, 7) is 0.479. The molecule has 1 amide bonds. The summed E-state index contributed by atoms with van der Waals surface area (Å²) in [5.41, 5.74) is 4.38. The van der Waals surface area contributed by atoms with Gasteiger partial charge >= 0.3 is 11.8 Å². The maximum Gasteiger partial charge on any atom is 0.407 e. The van der Waals surface area contributed by atoms with Crippen molar-refractivity contribution in [2.24, 2.45) is 0 Å². The molecule has 0 bridgehead atoms. The van der Waals surface area contributed by atoms with Gasteiger partial charge in [0.15, 0.2) is 0 Å². The van der Waals surface area contributed by atoms with E-state index in [4.69, 9.17) is 4.74 Å². The molecule has 1 aliphatic rings. The van der Waals surface area contributed by atoms with Crippen LogP contribution in [0.25, 0.3) is 11.1 Å². The van der Waals surface area contributed by atoms with Gasteiger partial charge in [-0.1, -0.05) is 66.4 Å². The smallest absolute Gasteiger partial charge is 0.407 e. The van der Waals surface area contributed by atoms with E-state index in [9.17, 15) is 20.0 Å². The predicted molar refractivity (Wildman–Crippen MR) is 119 cm³/mol. The zero-order chi connectivity index (χ0) is 22.5. The number of ether oxygens (including phenoxy) is 1. The Morgan fingerprint density at radius 1 is 1.03 bits per heavy atom. The maximum absolute atomic E-state index is 12.1. The molecule has 0 fully saturated rings. The number of hydrogen-bond acceptors (Lipinski definition) is 5. The average molecular weight is 428 g/mol. The topological polar surface area (TPSA) is 102 Å². The Bertz CT molecular complexity index is 1200. The first-order valence-electron chi connectivity index (χ1n) is 10.1. The number of nitrogens with zero attached hydrogens (tertiary/aromatic N) is 1. The fraction of sp³-hybridized carbons (Fsp3) is 0.160. The van der Waals surface area contributed by atoms with E-state index in [0.717, 1.165) is 22.3 Å². The summed E-state index contributed by atoms with van der Waals surface area (Å²) in [4.78, 5) is 22.3. The zero-order valence-electron chi connectivity index (χ0n) is 17.1. The fourth-order valence-electron chi connectivity index (χ4n) is 3.81. The van der Waals surface area contributed by atoms with Crippen molar-refractivity contribution < 1.29 is 19.6 Å². The lowest BCUT2D eigenvalue weighted by Gasteiger charge is -2.14. The number of amides is 1. The van der Waals surface area contributed by atoms with Crippen molar-refractivity contribution >= 4 is 11.8 Å². The van der Waals surface area contributed by atoms with Crippen molar-refractivity contribution in [3.63, 3.8) is 0 Å². The second-order valence-electron chi connectivity index (χ2n) is 7.23. The molecule has 0 heterocycles. The molecule has 1 aliphatic carbocycles. The molecule has 0 saturated heterocycles. The summed E-state index contributed by atoms with van der Waals surface area (Å²) in [7, 11) is 0. The average Bonchev–Trinajstić information content (AvgIpc) is 3.12. The minimum atomic E-state index is -0.667. The molecule has 160 valence electrons. The molecule has 0 spiro atoms. The van der Waals surface area contributed by atoms with Gasteiger partial charge in [-0.15, -0.1) is 0 Å². The van der Waals surface area contributed by atoms with Crippen LogP contribution in [0, 0.1) is 22.0 Å². The van der Waals surface area contributed by atoms with Gasteiger partial charge in [0.2, 0.25) is 5.75 Å². The van der Waals surface area contributed by atoms with Crippen LogP contribution in [0.2, 0.25) is 0 Å². The largest absolute Gasteiger partial charge is 0.501 e. The zero-order valence-corrected chi connectivity index (χ0v) is 17.1. The third-order valence-corrected chi connectivity index (χ3v) is 5.30. The van der Waals surface area contributed by atoms with Gasteiger partial charge in [-0.3, -0.25) is 10.1 Å². The Morgan fingerprint density at radius 3 is 2.34 bits per heavy atom. The molecule has 0 atom stereocenters. The quantitative estimate of drug-likeness (QED) is 0.268. The minimum absolute atomic E-state index is 0.00946. The molecule has 0 aromatic heterocycles. The number of rotatable bonds is 5. The van der Waals surface area contributed by atoms with E-state index in [0.29, 0.717) is 6.42 Å². The molecule has 0 aliphatic heterocycles. The van der Waals surface area contributed by atoms with E-state index in [1.165, 1.54) is 18.2 Å². The first-order valence-corrected chi connectivity index (χ1v) is 10.1. The number of alkyl carbamates (subject to hydrolysis) is 1. The van der Waals surface area contributed by atoms with Gasteiger partial charge in [0.05, 0.1) is 10.5 Å². The number of nitro benzene ring substituents is 1. The molecule has 32 heavy (non-hydrogen) atoms. The van der Waals surface area contributed by atoms with Crippen LogP contribution in [0.5, 0.6) is 5.75 Å². The summed E-state index contributed by atoms with van der Waals surface area (Å²) >= 11 is 0. The Balaban J connectivity index is 1.30. The third kappa shape index (κ3) is 4.25. The number of phenolic OH excluding ortho intramolecular Hbond substituents is 1. The molecule has 7 nitrogen and oxygen atoms in total. The van der Waals surface area contributed by atoms with Gasteiger partial charge in [0, 0.05) is 24.9 Å². The van der Waals surface area contributed by atoms with E-state index in [-0.39, 0.29) is 24.6 Å². The third-order valence-electron chi connectivity index (χ3n) is 5.30. The highest BCUT2D eigenvalue weighted by Crippen LogP contribution is 2.44. The van der Waals surface area contributed by atoms with E-state index >= 15 is 0 Å². The molecular formula is C25H20N2O5. The molecule has 2 N–H and O–H groups in total. The highest BCUT2D eigenvalue weighted by atomic mass is 16.6. The van der Waals surface area contributed by atoms with Crippen LogP contribution in [0.1, 0.15) is 29.0 Å². The number of fused-ring (bicyclic) bond motifs is 3. The molecule has 0 saturated carbocycles. The van der Waals surface area contributed by atoms with Crippen molar-refractivity contribution in [2.75, 3.05) is 13.2 Å². The number of para-hydroxylation sites is 1. The summed E-state index contributed by atoms with van der Waals surface area (Å²) < 4.78 is 5.45. The molecule has 0 radical (unpaired) electrons. The van der Waals surface area contributed by atoms with E-state index in [1.54, 1.807) is 0 Å². The van der Waals surface area contributed by atoms with Crippen LogP contribution in [-0.2, 0) is 4.74 Å². The second-order valence-corrected chi connectivity index (χ2v) is 7.23. The van der Waals surface area contributed by atoms with Crippen molar-refractivity contribution in [3.05, 3.63) is 93.5 Å². The van der Waals surface area contributed by atoms with Crippen molar-refractivity contribution in [2.45, 2.75) is 12.3 Å². The lowest BCUT2D eigenvalue weighted by Crippen LogP contribution is -2.26. The lowest BCUT2D eigenvalue weighted by atomic mass is 9.98. The van der Waals surface area contributed by atoms with Gasteiger partial charge in [0.25, 0.3) is 0 Å². The minimum Gasteiger partial charge on any atom is -0.501 e. The Labute approximate surface area is 184 Å². The van der Waals surface area contributed by atoms with Gasteiger partial charge in [-0.2, -0.15) is 0 Å². The van der Waals surface area contributed by atoms with Crippen LogP contribution in [0.3, 0.4) is 0 Å². The molecule has 3 aromatic rings. The van der Waals surface area contributed by atoms with Gasteiger partial charge in [0.1, 0.15) is 6.61 Å². The Morgan fingerprint density at radius 2 is 1.69 bits per heavy atom. The summed E-state index contributed by atoms with van der Waals surface area (Å²) in [5, 5.41) is 23.4. The van der Waals surface area contributed by atoms with Crippen LogP contribution in [0.4, 0.5) is 10.5 Å². The Hall–Kier alpha value is -4.31.